The minimum Gasteiger partial charge on any atom is -0.326 e. The second-order valence-corrected chi connectivity index (χ2v) is 5.92. The van der Waals surface area contributed by atoms with Crippen molar-refractivity contribution in [2.24, 2.45) is 11.7 Å². The molecule has 0 saturated heterocycles. The number of benzene rings is 1. The normalized spacial score (nSPS) is 19.8. The summed E-state index contributed by atoms with van der Waals surface area (Å²) in [5.41, 5.74) is 6.82. The lowest BCUT2D eigenvalue weighted by Crippen LogP contribution is -2.39. The number of nitrogens with zero attached hydrogens (tertiary/aromatic N) is 1. The molecule has 0 spiro atoms. The van der Waals surface area contributed by atoms with Gasteiger partial charge in [-0.1, -0.05) is 31.0 Å². The summed E-state index contributed by atoms with van der Waals surface area (Å²) in [7, 11) is 2.07. The minimum atomic E-state index is -0.150. The van der Waals surface area contributed by atoms with Crippen molar-refractivity contribution in [1.29, 1.82) is 0 Å². The van der Waals surface area contributed by atoms with Gasteiger partial charge in [0.25, 0.3) is 0 Å². The molecule has 3 heteroatoms. The number of rotatable bonds is 5. The molecule has 0 amide bonds. The van der Waals surface area contributed by atoms with Crippen LogP contribution in [0.2, 0.25) is 0 Å². The van der Waals surface area contributed by atoms with Crippen LogP contribution in [0.5, 0.6) is 0 Å². The molecule has 0 aromatic heterocycles. The second kappa shape index (κ2) is 6.49. The van der Waals surface area contributed by atoms with Gasteiger partial charge in [0.2, 0.25) is 0 Å². The summed E-state index contributed by atoms with van der Waals surface area (Å²) in [6.07, 6.45) is 5.27. The summed E-state index contributed by atoms with van der Waals surface area (Å²) >= 11 is 0. The standard InChI is InChI=1S/C16H25FN2/c1-12(18)16(14-9-5-6-10-15(14)17)19(2)11-13-7-3-4-8-13/h5-6,9-10,12-13,16H,3-4,7-8,11,18H2,1-2H3. The number of nitrogens with two attached hydrogens (primary N) is 1. The zero-order valence-electron chi connectivity index (χ0n) is 12.0. The highest BCUT2D eigenvalue weighted by atomic mass is 19.1. The van der Waals surface area contributed by atoms with Crippen molar-refractivity contribution in [3.05, 3.63) is 35.6 Å². The number of hydrogen-bond acceptors (Lipinski definition) is 2. The van der Waals surface area contributed by atoms with Gasteiger partial charge in [0, 0.05) is 18.2 Å². The van der Waals surface area contributed by atoms with Crippen LogP contribution in [-0.2, 0) is 0 Å². The SMILES string of the molecule is CC(N)C(c1ccccc1F)N(C)CC1CCCC1. The van der Waals surface area contributed by atoms with E-state index in [2.05, 4.69) is 11.9 Å². The Bertz CT molecular complexity index is 399. The molecule has 0 heterocycles. The topological polar surface area (TPSA) is 29.3 Å². The van der Waals surface area contributed by atoms with E-state index in [1.807, 2.05) is 19.1 Å². The van der Waals surface area contributed by atoms with Gasteiger partial charge in [-0.15, -0.1) is 0 Å². The molecule has 0 radical (unpaired) electrons. The molecular formula is C16H25FN2. The van der Waals surface area contributed by atoms with Gasteiger partial charge in [0.1, 0.15) is 5.82 Å². The summed E-state index contributed by atoms with van der Waals surface area (Å²) < 4.78 is 14.0. The molecule has 2 nitrogen and oxygen atoms in total. The fraction of sp³-hybridized carbons (Fsp3) is 0.625. The molecule has 0 aliphatic heterocycles. The lowest BCUT2D eigenvalue weighted by Gasteiger charge is -2.33. The highest BCUT2D eigenvalue weighted by Crippen LogP contribution is 2.30. The second-order valence-electron chi connectivity index (χ2n) is 5.92. The van der Waals surface area contributed by atoms with Gasteiger partial charge in [-0.3, -0.25) is 4.90 Å². The first-order valence-corrected chi connectivity index (χ1v) is 7.30. The van der Waals surface area contributed by atoms with Crippen molar-refractivity contribution >= 4 is 0 Å². The molecule has 1 saturated carbocycles. The van der Waals surface area contributed by atoms with Crippen LogP contribution >= 0.6 is 0 Å². The van der Waals surface area contributed by atoms with E-state index in [0.29, 0.717) is 0 Å². The van der Waals surface area contributed by atoms with Gasteiger partial charge < -0.3 is 5.73 Å². The fourth-order valence-electron chi connectivity index (χ4n) is 3.35. The van der Waals surface area contributed by atoms with E-state index in [1.54, 1.807) is 6.07 Å². The van der Waals surface area contributed by atoms with Gasteiger partial charge in [-0.25, -0.2) is 4.39 Å². The van der Waals surface area contributed by atoms with Crippen LogP contribution < -0.4 is 5.73 Å². The molecule has 1 aromatic rings. The Kier molecular flexibility index (Phi) is 4.94. The number of halogens is 1. The number of hydrogen-bond donors (Lipinski definition) is 1. The van der Waals surface area contributed by atoms with Gasteiger partial charge in [0.15, 0.2) is 0 Å². The molecule has 0 bridgehead atoms. The lowest BCUT2D eigenvalue weighted by atomic mass is 9.97. The van der Waals surface area contributed by atoms with Gasteiger partial charge in [-0.05, 0) is 38.8 Å². The molecule has 2 atom stereocenters. The van der Waals surface area contributed by atoms with Crippen LogP contribution in [0.3, 0.4) is 0 Å². The third-order valence-electron chi connectivity index (χ3n) is 4.22. The predicted molar refractivity (Wildman–Crippen MR) is 77.4 cm³/mol. The first-order chi connectivity index (χ1) is 9.09. The van der Waals surface area contributed by atoms with E-state index in [-0.39, 0.29) is 17.9 Å². The van der Waals surface area contributed by atoms with Crippen molar-refractivity contribution < 1.29 is 4.39 Å². The Labute approximate surface area is 115 Å². The van der Waals surface area contributed by atoms with Crippen LogP contribution in [-0.4, -0.2) is 24.5 Å². The van der Waals surface area contributed by atoms with Gasteiger partial charge >= 0.3 is 0 Å². The smallest absolute Gasteiger partial charge is 0.128 e. The Balaban J connectivity index is 2.13. The zero-order chi connectivity index (χ0) is 13.8. The quantitative estimate of drug-likeness (QED) is 0.884. The average molecular weight is 264 g/mol. The summed E-state index contributed by atoms with van der Waals surface area (Å²) in [5, 5.41) is 0. The first-order valence-electron chi connectivity index (χ1n) is 7.30. The molecule has 19 heavy (non-hydrogen) atoms. The maximum atomic E-state index is 14.0. The van der Waals surface area contributed by atoms with Gasteiger partial charge in [0.05, 0.1) is 6.04 Å². The molecule has 106 valence electrons. The van der Waals surface area contributed by atoms with Gasteiger partial charge in [-0.2, -0.15) is 0 Å². The third kappa shape index (κ3) is 3.54. The molecule has 1 aliphatic carbocycles. The van der Waals surface area contributed by atoms with E-state index in [9.17, 15) is 4.39 Å². The molecule has 1 aliphatic rings. The third-order valence-corrected chi connectivity index (χ3v) is 4.22. The summed E-state index contributed by atoms with van der Waals surface area (Å²) in [6.45, 7) is 2.97. The molecule has 2 unspecified atom stereocenters. The van der Waals surface area contributed by atoms with Crippen LogP contribution in [0.15, 0.2) is 24.3 Å². The van der Waals surface area contributed by atoms with E-state index >= 15 is 0 Å². The van der Waals surface area contributed by atoms with Crippen molar-refractivity contribution in [3.8, 4) is 0 Å². The zero-order valence-corrected chi connectivity index (χ0v) is 12.0. The van der Waals surface area contributed by atoms with Crippen molar-refractivity contribution in [2.75, 3.05) is 13.6 Å². The predicted octanol–water partition coefficient (Wildman–Crippen LogP) is 3.34. The summed E-state index contributed by atoms with van der Waals surface area (Å²) in [6, 6.07) is 6.87. The van der Waals surface area contributed by atoms with Crippen LogP contribution in [0, 0.1) is 11.7 Å². The Morgan fingerprint density at radius 1 is 1.32 bits per heavy atom. The Morgan fingerprint density at radius 3 is 2.53 bits per heavy atom. The van der Waals surface area contributed by atoms with Crippen LogP contribution in [0.1, 0.15) is 44.2 Å². The van der Waals surface area contributed by atoms with Crippen molar-refractivity contribution in [1.82, 2.24) is 4.90 Å². The molecule has 1 fully saturated rings. The molecule has 2 N–H and O–H groups in total. The summed E-state index contributed by atoms with van der Waals surface area (Å²) in [4.78, 5) is 2.24. The Hall–Kier alpha value is -0.930. The Morgan fingerprint density at radius 2 is 1.95 bits per heavy atom. The summed E-state index contributed by atoms with van der Waals surface area (Å²) in [5.74, 6) is 0.598. The van der Waals surface area contributed by atoms with E-state index < -0.39 is 0 Å². The monoisotopic (exact) mass is 264 g/mol. The van der Waals surface area contributed by atoms with E-state index in [0.717, 1.165) is 18.0 Å². The highest BCUT2D eigenvalue weighted by Gasteiger charge is 2.26. The first kappa shape index (κ1) is 14.5. The fourth-order valence-corrected chi connectivity index (χ4v) is 3.35. The maximum absolute atomic E-state index is 14.0. The highest BCUT2D eigenvalue weighted by molar-refractivity contribution is 5.22. The molecular weight excluding hydrogens is 239 g/mol. The maximum Gasteiger partial charge on any atom is 0.128 e. The molecule has 1 aromatic carbocycles. The van der Waals surface area contributed by atoms with E-state index in [1.165, 1.54) is 31.7 Å². The largest absolute Gasteiger partial charge is 0.326 e. The molecule has 2 rings (SSSR count). The minimum absolute atomic E-state index is 0.0400. The van der Waals surface area contributed by atoms with Crippen molar-refractivity contribution in [2.45, 2.75) is 44.7 Å². The van der Waals surface area contributed by atoms with Crippen molar-refractivity contribution in [3.63, 3.8) is 0 Å². The average Bonchev–Trinajstić information content (AvgIpc) is 2.84. The number of likely N-dealkylation sites (N-methyl/N-ethyl adjacent to an activating group) is 1. The van der Waals surface area contributed by atoms with Crippen LogP contribution in [0.4, 0.5) is 4.39 Å². The van der Waals surface area contributed by atoms with E-state index in [4.69, 9.17) is 5.73 Å². The van der Waals surface area contributed by atoms with Crippen LogP contribution in [0.25, 0.3) is 0 Å². The lowest BCUT2D eigenvalue weighted by molar-refractivity contribution is 0.184.